The fraction of sp³-hybridized carbons (Fsp3) is 0.217. The third-order valence-corrected chi connectivity index (χ3v) is 4.84. The van der Waals surface area contributed by atoms with Crippen LogP contribution in [0.2, 0.25) is 5.02 Å². The first kappa shape index (κ1) is 20.7. The van der Waals surface area contributed by atoms with Crippen LogP contribution in [0, 0.1) is 0 Å². The first-order valence-corrected chi connectivity index (χ1v) is 9.88. The maximum Gasteiger partial charge on any atom is 0.255 e. The van der Waals surface area contributed by atoms with Crippen molar-refractivity contribution in [1.29, 1.82) is 0 Å². The molecule has 1 aromatic heterocycles. The number of carbonyl (C=O) groups is 2. The summed E-state index contributed by atoms with van der Waals surface area (Å²) in [6, 6.07) is 20.4. The molecule has 0 aliphatic rings. The molecule has 1 heterocycles. The van der Waals surface area contributed by atoms with Crippen molar-refractivity contribution in [2.75, 3.05) is 13.1 Å². The molecule has 0 radical (unpaired) electrons. The molecule has 0 atom stereocenters. The van der Waals surface area contributed by atoms with Gasteiger partial charge in [0, 0.05) is 19.5 Å². The molecule has 0 spiro atoms. The monoisotopic (exact) mass is 410 g/mol. The molecule has 0 saturated carbocycles. The van der Waals surface area contributed by atoms with Crippen molar-refractivity contribution < 1.29 is 14.0 Å². The van der Waals surface area contributed by atoms with Crippen molar-refractivity contribution in [2.45, 2.75) is 19.4 Å². The molecule has 5 nitrogen and oxygen atoms in total. The predicted molar refractivity (Wildman–Crippen MR) is 113 cm³/mol. The van der Waals surface area contributed by atoms with Gasteiger partial charge in [-0.15, -0.1) is 0 Å². The molecule has 150 valence electrons. The fourth-order valence-corrected chi connectivity index (χ4v) is 3.18. The van der Waals surface area contributed by atoms with Crippen LogP contribution in [-0.2, 0) is 17.8 Å². The van der Waals surface area contributed by atoms with Gasteiger partial charge in [-0.2, -0.15) is 0 Å². The maximum absolute atomic E-state index is 13.0. The third-order valence-electron chi connectivity index (χ3n) is 4.51. The van der Waals surface area contributed by atoms with Gasteiger partial charge in [-0.3, -0.25) is 9.59 Å². The van der Waals surface area contributed by atoms with Gasteiger partial charge in [-0.1, -0.05) is 54.1 Å². The number of hydrogen-bond acceptors (Lipinski definition) is 3. The number of amides is 2. The number of nitrogens with one attached hydrogen (secondary N) is 1. The van der Waals surface area contributed by atoms with E-state index in [4.69, 9.17) is 16.0 Å². The van der Waals surface area contributed by atoms with E-state index < -0.39 is 0 Å². The van der Waals surface area contributed by atoms with E-state index in [2.05, 4.69) is 5.32 Å². The van der Waals surface area contributed by atoms with Crippen molar-refractivity contribution in [2.24, 2.45) is 0 Å². The fourth-order valence-electron chi connectivity index (χ4n) is 2.96. The number of carbonyl (C=O) groups excluding carboxylic acids is 2. The largest absolute Gasteiger partial charge is 0.467 e. The van der Waals surface area contributed by atoms with Crippen molar-refractivity contribution in [3.8, 4) is 0 Å². The second-order valence-electron chi connectivity index (χ2n) is 6.62. The molecule has 2 amide bonds. The van der Waals surface area contributed by atoms with Crippen LogP contribution < -0.4 is 5.32 Å². The van der Waals surface area contributed by atoms with Gasteiger partial charge in [0.1, 0.15) is 5.76 Å². The zero-order valence-electron chi connectivity index (χ0n) is 16.0. The highest BCUT2D eigenvalue weighted by Gasteiger charge is 2.20. The molecule has 3 aromatic rings. The first-order chi connectivity index (χ1) is 14.1. The highest BCUT2D eigenvalue weighted by atomic mass is 35.5. The molecule has 0 aliphatic heterocycles. The summed E-state index contributed by atoms with van der Waals surface area (Å²) in [6.07, 6.45) is 2.52. The minimum atomic E-state index is -0.232. The van der Waals surface area contributed by atoms with Crippen LogP contribution in [0.5, 0.6) is 0 Å². The van der Waals surface area contributed by atoms with E-state index in [1.807, 2.05) is 30.3 Å². The zero-order chi connectivity index (χ0) is 20.5. The smallest absolute Gasteiger partial charge is 0.255 e. The number of rotatable bonds is 9. The van der Waals surface area contributed by atoms with E-state index in [0.29, 0.717) is 22.9 Å². The van der Waals surface area contributed by atoms with Crippen LogP contribution in [-0.4, -0.2) is 29.8 Å². The average Bonchev–Trinajstić information content (AvgIpc) is 3.25. The average molecular weight is 411 g/mol. The lowest BCUT2D eigenvalue weighted by atomic mass is 10.1. The molecule has 3 rings (SSSR count). The summed E-state index contributed by atoms with van der Waals surface area (Å²) in [5.74, 6) is 0.316. The van der Waals surface area contributed by atoms with Crippen molar-refractivity contribution in [1.82, 2.24) is 10.2 Å². The van der Waals surface area contributed by atoms with Crippen LogP contribution in [0.25, 0.3) is 0 Å². The molecular formula is C23H23ClN2O3. The van der Waals surface area contributed by atoms with Crippen LogP contribution in [0.4, 0.5) is 0 Å². The van der Waals surface area contributed by atoms with E-state index >= 15 is 0 Å². The Bertz CT molecular complexity index is 926. The van der Waals surface area contributed by atoms with Crippen LogP contribution >= 0.6 is 11.6 Å². The Kier molecular flexibility index (Phi) is 7.47. The van der Waals surface area contributed by atoms with Gasteiger partial charge in [-0.05, 0) is 36.2 Å². The van der Waals surface area contributed by atoms with E-state index in [1.54, 1.807) is 47.6 Å². The van der Waals surface area contributed by atoms with E-state index in [1.165, 1.54) is 5.56 Å². The summed E-state index contributed by atoms with van der Waals surface area (Å²) in [7, 11) is 0. The van der Waals surface area contributed by atoms with Gasteiger partial charge >= 0.3 is 0 Å². The third kappa shape index (κ3) is 6.22. The number of hydrogen-bond donors (Lipinski definition) is 1. The summed E-state index contributed by atoms with van der Waals surface area (Å²) in [6.45, 7) is 1.09. The summed E-state index contributed by atoms with van der Waals surface area (Å²) in [4.78, 5) is 26.8. The molecule has 0 aliphatic carbocycles. The van der Waals surface area contributed by atoms with Crippen LogP contribution in [0.15, 0.2) is 77.4 Å². The normalized spacial score (nSPS) is 10.5. The summed E-state index contributed by atoms with van der Waals surface area (Å²) in [5, 5.41) is 3.29. The van der Waals surface area contributed by atoms with Gasteiger partial charge in [0.15, 0.2) is 0 Å². The molecule has 0 bridgehead atoms. The van der Waals surface area contributed by atoms with Gasteiger partial charge in [0.2, 0.25) is 5.91 Å². The van der Waals surface area contributed by atoms with Crippen LogP contribution in [0.1, 0.15) is 28.1 Å². The minimum absolute atomic E-state index is 0.0997. The van der Waals surface area contributed by atoms with Gasteiger partial charge in [-0.25, -0.2) is 0 Å². The quantitative estimate of drug-likeness (QED) is 0.571. The van der Waals surface area contributed by atoms with E-state index in [-0.39, 0.29) is 31.3 Å². The second kappa shape index (κ2) is 10.5. The number of furan rings is 1. The maximum atomic E-state index is 13.0. The van der Waals surface area contributed by atoms with Gasteiger partial charge in [0.05, 0.1) is 23.4 Å². The Labute approximate surface area is 175 Å². The molecule has 29 heavy (non-hydrogen) atoms. The highest BCUT2D eigenvalue weighted by molar-refractivity contribution is 6.33. The van der Waals surface area contributed by atoms with Gasteiger partial charge < -0.3 is 14.6 Å². The topological polar surface area (TPSA) is 62.6 Å². The first-order valence-electron chi connectivity index (χ1n) is 9.50. The Morgan fingerprint density at radius 1 is 0.966 bits per heavy atom. The molecule has 1 N–H and O–H groups in total. The summed E-state index contributed by atoms with van der Waals surface area (Å²) in [5.41, 5.74) is 1.58. The van der Waals surface area contributed by atoms with Crippen molar-refractivity contribution in [3.63, 3.8) is 0 Å². The lowest BCUT2D eigenvalue weighted by Gasteiger charge is -2.22. The summed E-state index contributed by atoms with van der Waals surface area (Å²) < 4.78 is 5.37. The highest BCUT2D eigenvalue weighted by Crippen LogP contribution is 2.19. The Morgan fingerprint density at radius 2 is 1.72 bits per heavy atom. The van der Waals surface area contributed by atoms with E-state index in [9.17, 15) is 9.59 Å². The molecule has 0 fully saturated rings. The predicted octanol–water partition coefficient (Wildman–Crippen LogP) is 4.32. The molecule has 6 heteroatoms. The molecular weight excluding hydrogens is 388 g/mol. The zero-order valence-corrected chi connectivity index (χ0v) is 16.8. The van der Waals surface area contributed by atoms with Crippen LogP contribution in [0.3, 0.4) is 0 Å². The lowest BCUT2D eigenvalue weighted by molar-refractivity contribution is -0.121. The SMILES string of the molecule is O=C(CCN(Cc1ccco1)C(=O)c1ccccc1Cl)NCCc1ccccc1. The second-order valence-corrected chi connectivity index (χ2v) is 7.03. The number of nitrogens with zero attached hydrogens (tertiary/aromatic N) is 1. The Balaban J connectivity index is 1.57. The standard InChI is InChI=1S/C23H23ClN2O3/c24-21-11-5-4-10-20(21)23(28)26(17-19-9-6-16-29-19)15-13-22(27)25-14-12-18-7-2-1-3-8-18/h1-11,16H,12-15,17H2,(H,25,27). The Morgan fingerprint density at radius 3 is 2.45 bits per heavy atom. The minimum Gasteiger partial charge on any atom is -0.467 e. The summed E-state index contributed by atoms with van der Waals surface area (Å²) >= 11 is 6.18. The number of benzene rings is 2. The Hall–Kier alpha value is -3.05. The van der Waals surface area contributed by atoms with Crippen molar-refractivity contribution >= 4 is 23.4 Å². The lowest BCUT2D eigenvalue weighted by Crippen LogP contribution is -2.35. The van der Waals surface area contributed by atoms with Crippen molar-refractivity contribution in [3.05, 3.63) is 94.9 Å². The molecule has 0 unspecified atom stereocenters. The van der Waals surface area contributed by atoms with Gasteiger partial charge in [0.25, 0.3) is 5.91 Å². The molecule has 0 saturated heterocycles. The van der Waals surface area contributed by atoms with E-state index in [0.717, 1.165) is 6.42 Å². The number of halogens is 1. The molecule has 2 aromatic carbocycles.